The number of carbonyl (C=O) groups is 2. The molecule has 0 saturated carbocycles. The van der Waals surface area contributed by atoms with Gasteiger partial charge in [-0.25, -0.2) is 19.6 Å². The number of para-hydroxylation sites is 4. The quantitative estimate of drug-likeness (QED) is 0.0596. The average molecular weight is 623 g/mol. The number of aromatic amines is 2. The highest BCUT2D eigenvalue weighted by molar-refractivity contribution is 5.92. The number of carbonyl (C=O) groups excluding carboxylic acids is 2. The van der Waals surface area contributed by atoms with Crippen molar-refractivity contribution in [2.24, 2.45) is 0 Å². The molecule has 0 amide bonds. The lowest BCUT2D eigenvalue weighted by molar-refractivity contribution is -0.384. The Labute approximate surface area is 262 Å². The number of nitrogen functional groups attached to an aromatic ring is 1. The topological polar surface area (TPSA) is 203 Å². The lowest BCUT2D eigenvalue weighted by Gasteiger charge is -2.09. The lowest BCUT2D eigenvalue weighted by atomic mass is 10.1. The zero-order chi connectivity index (χ0) is 32.6. The number of aromatic nitrogens is 4. The molecule has 234 valence electrons. The van der Waals surface area contributed by atoms with Gasteiger partial charge >= 0.3 is 11.9 Å². The third-order valence-electron chi connectivity index (χ3n) is 6.86. The number of nitrogens with one attached hydrogen (secondary N) is 4. The van der Waals surface area contributed by atoms with E-state index in [1.54, 1.807) is 18.2 Å². The fourth-order valence-corrected chi connectivity index (χ4v) is 4.57. The molecule has 0 saturated heterocycles. The second-order valence-electron chi connectivity index (χ2n) is 9.88. The third kappa shape index (κ3) is 7.19. The van der Waals surface area contributed by atoms with Crippen molar-refractivity contribution in [2.75, 3.05) is 30.6 Å². The van der Waals surface area contributed by atoms with Crippen molar-refractivity contribution in [3.8, 4) is 0 Å². The van der Waals surface area contributed by atoms with Crippen LogP contribution in [0.15, 0.2) is 84.9 Å². The molecule has 0 bridgehead atoms. The van der Waals surface area contributed by atoms with Crippen molar-refractivity contribution in [2.45, 2.75) is 13.1 Å². The molecule has 4 aromatic carbocycles. The van der Waals surface area contributed by atoms with Gasteiger partial charge in [0.2, 0.25) is 0 Å². The van der Waals surface area contributed by atoms with Gasteiger partial charge in [-0.05, 0) is 54.6 Å². The van der Waals surface area contributed by atoms with E-state index in [0.717, 1.165) is 27.9 Å². The Morgan fingerprint density at radius 3 is 1.74 bits per heavy atom. The van der Waals surface area contributed by atoms with Gasteiger partial charge in [-0.3, -0.25) is 10.1 Å². The number of nitrogens with two attached hydrogens (primary N) is 1. The second kappa shape index (κ2) is 13.9. The molecule has 14 heteroatoms. The van der Waals surface area contributed by atoms with E-state index in [1.165, 1.54) is 32.4 Å². The number of nitro groups is 1. The Hall–Kier alpha value is -6.44. The van der Waals surface area contributed by atoms with Gasteiger partial charge in [-0.1, -0.05) is 24.3 Å². The summed E-state index contributed by atoms with van der Waals surface area (Å²) in [6, 6.07) is 24.4. The number of anilines is 3. The van der Waals surface area contributed by atoms with Crippen LogP contribution in [0.4, 0.5) is 22.7 Å². The van der Waals surface area contributed by atoms with Crippen LogP contribution in [-0.2, 0) is 22.6 Å². The molecular formula is C32H30N8O6. The summed E-state index contributed by atoms with van der Waals surface area (Å²) in [6.07, 6.45) is 0. The molecule has 0 spiro atoms. The number of hydrogen-bond donors (Lipinski definition) is 5. The number of nitro benzene ring substituents is 1. The highest BCUT2D eigenvalue weighted by Gasteiger charge is 2.17. The number of benzene rings is 4. The van der Waals surface area contributed by atoms with Crippen LogP contribution in [0.25, 0.3) is 22.1 Å². The van der Waals surface area contributed by atoms with Crippen LogP contribution in [0.1, 0.15) is 32.4 Å². The van der Waals surface area contributed by atoms with Crippen molar-refractivity contribution in [3.63, 3.8) is 0 Å². The largest absolute Gasteiger partial charge is 0.465 e. The number of esters is 2. The van der Waals surface area contributed by atoms with Gasteiger partial charge in [0.1, 0.15) is 17.3 Å². The van der Waals surface area contributed by atoms with Crippen LogP contribution in [0.3, 0.4) is 0 Å². The number of rotatable bonds is 9. The van der Waals surface area contributed by atoms with Crippen LogP contribution in [-0.4, -0.2) is 51.0 Å². The smallest absolute Gasteiger partial charge is 0.337 e. The van der Waals surface area contributed by atoms with Crippen LogP contribution >= 0.6 is 0 Å². The summed E-state index contributed by atoms with van der Waals surface area (Å²) in [7, 11) is 2.60. The first kappa shape index (κ1) is 31.0. The number of ether oxygens (including phenoxy) is 2. The van der Waals surface area contributed by atoms with E-state index in [9.17, 15) is 19.7 Å². The van der Waals surface area contributed by atoms with Crippen LogP contribution < -0.4 is 16.4 Å². The first-order valence-electron chi connectivity index (χ1n) is 13.9. The third-order valence-corrected chi connectivity index (χ3v) is 6.86. The Balaban J connectivity index is 0.000000182. The monoisotopic (exact) mass is 622 g/mol. The molecule has 0 unspecified atom stereocenters. The molecule has 14 nitrogen and oxygen atoms in total. The maximum absolute atomic E-state index is 11.6. The number of methoxy groups -OCH3 is 2. The number of imidazole rings is 2. The standard InChI is InChI=1S/C16H14N4O4.C16H16N4O2/c1-24-16(21)10-6-7-14(20(22)23)13(8-10)17-9-15-18-11-4-2-3-5-12(11)19-15;1-22-16(21)10-6-7-11(17)14(8-10)18-9-15-19-12-4-2-3-5-13(12)20-15/h2-8,17H,9H2,1H3,(H,18,19);2-8,18H,9,17H2,1H3,(H,19,20). The molecule has 0 radical (unpaired) electrons. The lowest BCUT2D eigenvalue weighted by Crippen LogP contribution is -2.07. The van der Waals surface area contributed by atoms with Crippen LogP contribution in [0.5, 0.6) is 0 Å². The van der Waals surface area contributed by atoms with Gasteiger partial charge in [0, 0.05) is 6.07 Å². The molecule has 0 aliphatic carbocycles. The summed E-state index contributed by atoms with van der Waals surface area (Å²) in [5.41, 5.74) is 11.5. The van der Waals surface area contributed by atoms with Crippen LogP contribution in [0, 0.1) is 10.1 Å². The van der Waals surface area contributed by atoms with Crippen LogP contribution in [0.2, 0.25) is 0 Å². The van der Waals surface area contributed by atoms with Crippen molar-refractivity contribution >= 4 is 56.8 Å². The first-order chi connectivity index (χ1) is 22.2. The van der Waals surface area contributed by atoms with Gasteiger partial charge in [0.25, 0.3) is 5.69 Å². The maximum Gasteiger partial charge on any atom is 0.337 e. The fourth-order valence-electron chi connectivity index (χ4n) is 4.57. The summed E-state index contributed by atoms with van der Waals surface area (Å²) in [5, 5.41) is 17.3. The Kier molecular flexibility index (Phi) is 9.37. The average Bonchev–Trinajstić information content (AvgIpc) is 3.70. The molecular weight excluding hydrogens is 592 g/mol. The predicted molar refractivity (Wildman–Crippen MR) is 173 cm³/mol. The summed E-state index contributed by atoms with van der Waals surface area (Å²) in [6.45, 7) is 0.726. The van der Waals surface area contributed by atoms with E-state index in [1.807, 2.05) is 48.5 Å². The normalized spacial score (nSPS) is 10.6. The molecule has 6 aromatic rings. The number of fused-ring (bicyclic) bond motifs is 2. The van der Waals surface area contributed by atoms with E-state index in [2.05, 4.69) is 35.3 Å². The number of nitrogens with zero attached hydrogens (tertiary/aromatic N) is 3. The van der Waals surface area contributed by atoms with Gasteiger partial charge < -0.3 is 35.8 Å². The maximum atomic E-state index is 11.6. The van der Waals surface area contributed by atoms with E-state index in [-0.39, 0.29) is 23.5 Å². The minimum atomic E-state index is -0.559. The molecule has 0 aliphatic rings. The summed E-state index contributed by atoms with van der Waals surface area (Å²) >= 11 is 0. The van der Waals surface area contributed by atoms with Gasteiger partial charge in [-0.2, -0.15) is 0 Å². The Morgan fingerprint density at radius 1 is 0.761 bits per heavy atom. The molecule has 0 aliphatic heterocycles. The molecule has 6 N–H and O–H groups in total. The zero-order valence-corrected chi connectivity index (χ0v) is 24.9. The van der Waals surface area contributed by atoms with Crippen molar-refractivity contribution in [1.82, 2.24) is 19.9 Å². The van der Waals surface area contributed by atoms with Crippen molar-refractivity contribution in [3.05, 3.63) is 118 Å². The first-order valence-corrected chi connectivity index (χ1v) is 13.9. The number of hydrogen-bond acceptors (Lipinski definition) is 11. The summed E-state index contributed by atoms with van der Waals surface area (Å²) < 4.78 is 9.35. The summed E-state index contributed by atoms with van der Waals surface area (Å²) in [4.78, 5) is 49.0. The summed E-state index contributed by atoms with van der Waals surface area (Å²) in [5.74, 6) is 0.474. The molecule has 0 atom stereocenters. The minimum Gasteiger partial charge on any atom is -0.465 e. The Bertz CT molecular complexity index is 1970. The molecule has 2 heterocycles. The van der Waals surface area contributed by atoms with Gasteiger partial charge in [0.15, 0.2) is 0 Å². The van der Waals surface area contributed by atoms with Crippen molar-refractivity contribution < 1.29 is 24.0 Å². The van der Waals surface area contributed by atoms with E-state index in [4.69, 9.17) is 10.5 Å². The fraction of sp³-hybridized carbons (Fsp3) is 0.125. The number of H-pyrrole nitrogens is 2. The minimum absolute atomic E-state index is 0.126. The predicted octanol–water partition coefficient (Wildman–Crippen LogP) is 5.41. The highest BCUT2D eigenvalue weighted by atomic mass is 16.6. The molecule has 2 aromatic heterocycles. The highest BCUT2D eigenvalue weighted by Crippen LogP contribution is 2.27. The molecule has 46 heavy (non-hydrogen) atoms. The Morgan fingerprint density at radius 2 is 1.24 bits per heavy atom. The van der Waals surface area contributed by atoms with E-state index >= 15 is 0 Å². The molecule has 6 rings (SSSR count). The van der Waals surface area contributed by atoms with E-state index in [0.29, 0.717) is 29.3 Å². The zero-order valence-electron chi connectivity index (χ0n) is 24.9. The molecule has 0 fully saturated rings. The second-order valence-corrected chi connectivity index (χ2v) is 9.88. The van der Waals surface area contributed by atoms with Gasteiger partial charge in [-0.15, -0.1) is 0 Å². The van der Waals surface area contributed by atoms with Crippen molar-refractivity contribution in [1.29, 1.82) is 0 Å². The van der Waals surface area contributed by atoms with Gasteiger partial charge in [0.05, 0.1) is 76.8 Å². The van der Waals surface area contributed by atoms with E-state index < -0.39 is 16.9 Å². The SMILES string of the molecule is COC(=O)c1ccc(N)c(NCc2nc3ccccc3[nH]2)c1.COC(=O)c1ccc([N+](=O)[O-])c(NCc2nc3ccccc3[nH]2)c1.